The smallest absolute Gasteiger partial charge is 0.280 e. The number of carbonyl (C=O) groups excluding carboxylic acids is 2. The third kappa shape index (κ3) is 4.28. The Kier molecular flexibility index (Phi) is 5.09. The second-order valence-corrected chi connectivity index (χ2v) is 7.84. The van der Waals surface area contributed by atoms with E-state index in [9.17, 15) is 9.59 Å². The summed E-state index contributed by atoms with van der Waals surface area (Å²) in [5.74, 6) is 1.45. The maximum atomic E-state index is 12.5. The quantitative estimate of drug-likeness (QED) is 0.826. The van der Waals surface area contributed by atoms with Crippen LogP contribution in [0, 0.1) is 5.92 Å². The van der Waals surface area contributed by atoms with Crippen molar-refractivity contribution in [2.75, 3.05) is 25.0 Å². The molecule has 1 aromatic heterocycles. The Morgan fingerprint density at radius 2 is 1.96 bits per heavy atom. The van der Waals surface area contributed by atoms with Gasteiger partial charge in [-0.05, 0) is 56.1 Å². The van der Waals surface area contributed by atoms with Gasteiger partial charge in [0.15, 0.2) is 0 Å². The number of anilines is 1. The lowest BCUT2D eigenvalue weighted by Gasteiger charge is -2.44. The van der Waals surface area contributed by atoms with Gasteiger partial charge in [0, 0.05) is 30.5 Å². The molecule has 3 aliphatic heterocycles. The van der Waals surface area contributed by atoms with Crippen LogP contribution in [0.3, 0.4) is 0 Å². The Labute approximate surface area is 161 Å². The number of piperidine rings is 3. The molecule has 8 heteroatoms. The molecule has 2 aromatic rings. The molecule has 27 heavy (non-hydrogen) atoms. The summed E-state index contributed by atoms with van der Waals surface area (Å²) in [6.07, 6.45) is 2.35. The molecular formula is C19H22N4O3S. The molecule has 0 saturated carbocycles. The fourth-order valence-electron chi connectivity index (χ4n) is 3.70. The number of amides is 2. The zero-order valence-electron chi connectivity index (χ0n) is 15.1. The Morgan fingerprint density at radius 1 is 1.22 bits per heavy atom. The number of nitrogens with zero attached hydrogens (tertiary/aromatic N) is 2. The number of aromatic nitrogens is 1. The zero-order chi connectivity index (χ0) is 18.8. The summed E-state index contributed by atoms with van der Waals surface area (Å²) < 4.78 is 5.68. The number of benzene rings is 1. The lowest BCUT2D eigenvalue weighted by atomic mass is 9.84. The van der Waals surface area contributed by atoms with Gasteiger partial charge in [-0.2, -0.15) is 4.98 Å². The Bertz CT molecular complexity index is 828. The number of nitrogens with one attached hydrogen (secondary N) is 2. The van der Waals surface area contributed by atoms with Gasteiger partial charge in [-0.3, -0.25) is 9.59 Å². The second kappa shape index (κ2) is 7.66. The number of ether oxygens (including phenoxy) is 1. The summed E-state index contributed by atoms with van der Waals surface area (Å²) in [5, 5.41) is 7.94. The topological polar surface area (TPSA) is 83.6 Å². The van der Waals surface area contributed by atoms with Crippen molar-refractivity contribution >= 4 is 29.0 Å². The standard InChI is InChI=1S/C19H22N4O3S/c1-12(24)20-17-11-27-19(22-17)26-15-4-2-14(3-5-15)18(25)21-16-10-23-8-6-13(16)7-9-23/h2-5,11,13,16H,6-10H2,1H3,(H,20,24)(H,21,25)/t16-/m0/s1. The van der Waals surface area contributed by atoms with E-state index in [0.717, 1.165) is 19.6 Å². The number of carbonyl (C=O) groups is 2. The molecule has 2 N–H and O–H groups in total. The van der Waals surface area contributed by atoms with Gasteiger partial charge in [0.25, 0.3) is 11.1 Å². The van der Waals surface area contributed by atoms with E-state index in [0.29, 0.717) is 28.2 Å². The van der Waals surface area contributed by atoms with Crippen molar-refractivity contribution in [3.63, 3.8) is 0 Å². The predicted octanol–water partition coefficient (Wildman–Crippen LogP) is 2.72. The molecule has 0 unspecified atom stereocenters. The van der Waals surface area contributed by atoms with Crippen molar-refractivity contribution in [1.29, 1.82) is 0 Å². The highest BCUT2D eigenvalue weighted by Gasteiger charge is 2.34. The molecule has 0 spiro atoms. The first-order valence-corrected chi connectivity index (χ1v) is 9.99. The summed E-state index contributed by atoms with van der Waals surface area (Å²) in [5.41, 5.74) is 0.622. The van der Waals surface area contributed by atoms with Crippen LogP contribution in [0.15, 0.2) is 29.6 Å². The van der Waals surface area contributed by atoms with Crippen LogP contribution < -0.4 is 15.4 Å². The van der Waals surface area contributed by atoms with Crippen molar-refractivity contribution < 1.29 is 14.3 Å². The zero-order valence-corrected chi connectivity index (χ0v) is 15.9. The van der Waals surface area contributed by atoms with Gasteiger partial charge in [-0.15, -0.1) is 0 Å². The third-order valence-corrected chi connectivity index (χ3v) is 5.80. The van der Waals surface area contributed by atoms with Crippen molar-refractivity contribution in [2.24, 2.45) is 5.92 Å². The van der Waals surface area contributed by atoms with Gasteiger partial charge in [0.1, 0.15) is 11.6 Å². The molecule has 2 bridgehead atoms. The fraction of sp³-hybridized carbons (Fsp3) is 0.421. The number of fused-ring (bicyclic) bond motifs is 3. The highest BCUT2D eigenvalue weighted by molar-refractivity contribution is 7.11. The monoisotopic (exact) mass is 386 g/mol. The largest absolute Gasteiger partial charge is 0.431 e. The van der Waals surface area contributed by atoms with Crippen LogP contribution in [0.4, 0.5) is 5.82 Å². The third-order valence-electron chi connectivity index (χ3n) is 5.08. The summed E-state index contributed by atoms with van der Waals surface area (Å²) in [7, 11) is 0. The molecule has 0 radical (unpaired) electrons. The molecule has 4 heterocycles. The molecule has 3 aliphatic rings. The van der Waals surface area contributed by atoms with Crippen molar-refractivity contribution in [3.05, 3.63) is 35.2 Å². The Morgan fingerprint density at radius 3 is 2.59 bits per heavy atom. The minimum atomic E-state index is -0.176. The van der Waals surface area contributed by atoms with Crippen LogP contribution in [0.25, 0.3) is 0 Å². The maximum Gasteiger partial charge on any atom is 0.280 e. The van der Waals surface area contributed by atoms with E-state index in [-0.39, 0.29) is 17.9 Å². The van der Waals surface area contributed by atoms with Crippen LogP contribution in [0.1, 0.15) is 30.1 Å². The van der Waals surface area contributed by atoms with Crippen LogP contribution in [-0.4, -0.2) is 47.4 Å². The second-order valence-electron chi connectivity index (χ2n) is 7.02. The molecule has 2 amide bonds. The number of thiazole rings is 1. The Hall–Kier alpha value is -2.45. The normalized spacial score (nSPS) is 23.7. The van der Waals surface area contributed by atoms with E-state index < -0.39 is 0 Å². The molecule has 0 aliphatic carbocycles. The summed E-state index contributed by atoms with van der Waals surface area (Å²) in [4.78, 5) is 30.2. The molecule has 3 saturated heterocycles. The lowest BCUT2D eigenvalue weighted by Crippen LogP contribution is -2.57. The minimum absolute atomic E-state index is 0.0394. The SMILES string of the molecule is CC(=O)Nc1csc(Oc2ccc(C(=O)N[C@H]3CN4CCC3CC4)cc2)n1. The van der Waals surface area contributed by atoms with E-state index >= 15 is 0 Å². The van der Waals surface area contributed by atoms with Crippen molar-refractivity contribution in [2.45, 2.75) is 25.8 Å². The molecule has 1 aromatic carbocycles. The highest BCUT2D eigenvalue weighted by Crippen LogP contribution is 2.29. The first-order chi connectivity index (χ1) is 13.1. The lowest BCUT2D eigenvalue weighted by molar-refractivity contribution is -0.114. The van der Waals surface area contributed by atoms with Gasteiger partial charge in [0.05, 0.1) is 0 Å². The van der Waals surface area contributed by atoms with Crippen LogP contribution in [-0.2, 0) is 4.79 Å². The minimum Gasteiger partial charge on any atom is -0.431 e. The molecule has 5 rings (SSSR count). The summed E-state index contributed by atoms with van der Waals surface area (Å²) in [6.45, 7) is 4.70. The van der Waals surface area contributed by atoms with Gasteiger partial charge in [-0.1, -0.05) is 11.3 Å². The molecule has 1 atom stereocenters. The average molecular weight is 386 g/mol. The van der Waals surface area contributed by atoms with Crippen molar-refractivity contribution in [3.8, 4) is 10.9 Å². The number of hydrogen-bond acceptors (Lipinski definition) is 6. The first kappa shape index (κ1) is 17.9. The van der Waals surface area contributed by atoms with Crippen LogP contribution in [0.5, 0.6) is 10.9 Å². The molecule has 7 nitrogen and oxygen atoms in total. The van der Waals surface area contributed by atoms with E-state index in [4.69, 9.17) is 4.74 Å². The Balaban J connectivity index is 1.35. The van der Waals surface area contributed by atoms with E-state index in [2.05, 4.69) is 20.5 Å². The van der Waals surface area contributed by atoms with Gasteiger partial charge in [0.2, 0.25) is 5.91 Å². The van der Waals surface area contributed by atoms with E-state index in [1.54, 1.807) is 29.6 Å². The molecule has 142 valence electrons. The predicted molar refractivity (Wildman–Crippen MR) is 103 cm³/mol. The van der Waals surface area contributed by atoms with Gasteiger partial charge >= 0.3 is 0 Å². The average Bonchev–Trinajstić information content (AvgIpc) is 3.09. The molecular weight excluding hydrogens is 364 g/mol. The van der Waals surface area contributed by atoms with E-state index in [1.807, 2.05) is 0 Å². The number of hydrogen-bond donors (Lipinski definition) is 2. The first-order valence-electron chi connectivity index (χ1n) is 9.11. The number of rotatable bonds is 5. The van der Waals surface area contributed by atoms with E-state index in [1.165, 1.54) is 31.1 Å². The van der Waals surface area contributed by atoms with Crippen molar-refractivity contribution in [1.82, 2.24) is 15.2 Å². The van der Waals surface area contributed by atoms with Gasteiger partial charge < -0.3 is 20.3 Å². The van der Waals surface area contributed by atoms with Gasteiger partial charge in [-0.25, -0.2) is 0 Å². The fourth-order valence-corrected chi connectivity index (χ4v) is 4.32. The van der Waals surface area contributed by atoms with Crippen LogP contribution >= 0.6 is 11.3 Å². The summed E-state index contributed by atoms with van der Waals surface area (Å²) in [6, 6.07) is 7.27. The van der Waals surface area contributed by atoms with Crippen LogP contribution in [0.2, 0.25) is 0 Å². The summed E-state index contributed by atoms with van der Waals surface area (Å²) >= 11 is 1.30. The molecule has 3 fully saturated rings. The maximum absolute atomic E-state index is 12.5. The highest BCUT2D eigenvalue weighted by atomic mass is 32.1.